The number of hydrogen-bond acceptors (Lipinski definition) is 5. The van der Waals surface area contributed by atoms with Crippen molar-refractivity contribution in [3.63, 3.8) is 0 Å². The second-order valence-electron chi connectivity index (χ2n) is 8.84. The van der Waals surface area contributed by atoms with E-state index in [1.807, 2.05) is 20.8 Å². The molecule has 0 unspecified atom stereocenters. The van der Waals surface area contributed by atoms with Crippen LogP contribution in [0.25, 0.3) is 0 Å². The van der Waals surface area contributed by atoms with Crippen LogP contribution in [0.15, 0.2) is 46.1 Å². The summed E-state index contributed by atoms with van der Waals surface area (Å²) in [6.07, 6.45) is 4.89. The van der Waals surface area contributed by atoms with Crippen LogP contribution in [-0.2, 0) is 23.9 Å². The van der Waals surface area contributed by atoms with Gasteiger partial charge < -0.3 is 9.47 Å². The summed E-state index contributed by atoms with van der Waals surface area (Å²) in [7, 11) is 0. The van der Waals surface area contributed by atoms with Crippen molar-refractivity contribution in [2.75, 3.05) is 0 Å². The molecule has 0 saturated heterocycles. The molecule has 0 aromatic rings. The normalized spacial score (nSPS) is 29.7. The second-order valence-corrected chi connectivity index (χ2v) is 8.84. The van der Waals surface area contributed by atoms with Crippen molar-refractivity contribution in [3.05, 3.63) is 46.1 Å². The summed E-state index contributed by atoms with van der Waals surface area (Å²) >= 11 is 0. The molecule has 164 valence electrons. The van der Waals surface area contributed by atoms with Crippen molar-refractivity contribution in [1.82, 2.24) is 0 Å². The van der Waals surface area contributed by atoms with Crippen LogP contribution in [0.4, 0.5) is 0 Å². The van der Waals surface area contributed by atoms with Crippen molar-refractivity contribution in [2.24, 2.45) is 11.3 Å². The number of rotatable bonds is 4. The van der Waals surface area contributed by atoms with E-state index >= 15 is 0 Å². The van der Waals surface area contributed by atoms with Crippen LogP contribution in [0, 0.1) is 11.3 Å². The van der Waals surface area contributed by atoms with Crippen molar-refractivity contribution in [3.8, 4) is 0 Å². The maximum Gasteiger partial charge on any atom is 0.333 e. The highest BCUT2D eigenvalue weighted by molar-refractivity contribution is 6.06. The first-order valence-corrected chi connectivity index (χ1v) is 10.6. The van der Waals surface area contributed by atoms with Crippen LogP contribution >= 0.6 is 0 Å². The molecule has 0 aliphatic heterocycles. The van der Waals surface area contributed by atoms with E-state index in [9.17, 15) is 14.4 Å². The minimum Gasteiger partial charge on any atom is -0.459 e. The molecule has 2 aliphatic rings. The van der Waals surface area contributed by atoms with Crippen molar-refractivity contribution in [1.29, 1.82) is 0 Å². The number of allylic oxidation sites excluding steroid dienone is 5. The minimum absolute atomic E-state index is 0.0290. The molecule has 0 radical (unpaired) electrons. The van der Waals surface area contributed by atoms with Gasteiger partial charge in [0.2, 0.25) is 0 Å². The zero-order chi connectivity index (χ0) is 22.8. The monoisotopic (exact) mass is 414 g/mol. The van der Waals surface area contributed by atoms with Gasteiger partial charge in [-0.2, -0.15) is 0 Å². The lowest BCUT2D eigenvalue weighted by Gasteiger charge is -2.50. The molecule has 2 aliphatic carbocycles. The minimum atomic E-state index is -0.611. The Balaban J connectivity index is 2.51. The van der Waals surface area contributed by atoms with Gasteiger partial charge >= 0.3 is 11.9 Å². The van der Waals surface area contributed by atoms with Gasteiger partial charge in [0.1, 0.15) is 12.2 Å². The number of carbonyl (C=O) groups is 3. The molecule has 2 rings (SSSR count). The summed E-state index contributed by atoms with van der Waals surface area (Å²) < 4.78 is 11.7. The van der Waals surface area contributed by atoms with Gasteiger partial charge in [-0.05, 0) is 65.2 Å². The van der Waals surface area contributed by atoms with Crippen LogP contribution in [-0.4, -0.2) is 29.9 Å². The van der Waals surface area contributed by atoms with Crippen LogP contribution < -0.4 is 0 Å². The SMILES string of the molecule is C/C=C(/C)C(=O)O[C@H]1C[C@@H](OC(=O)/C(C)=C\C)C2=CC(=O)C(=C(C)C)C[C@]2(C)[C@H]1C. The average Bonchev–Trinajstić information content (AvgIpc) is 2.70. The first-order valence-electron chi connectivity index (χ1n) is 10.6. The van der Waals surface area contributed by atoms with Gasteiger partial charge in [-0.25, -0.2) is 9.59 Å². The van der Waals surface area contributed by atoms with Gasteiger partial charge in [-0.15, -0.1) is 0 Å². The van der Waals surface area contributed by atoms with Crippen molar-refractivity contribution >= 4 is 17.7 Å². The van der Waals surface area contributed by atoms with Crippen LogP contribution in [0.5, 0.6) is 0 Å². The smallest absolute Gasteiger partial charge is 0.333 e. The standard InChI is InChI=1S/C25H34O5/c1-9-15(5)23(27)29-21-12-22(30-24(28)16(6)10-2)19-11-20(26)18(14(3)4)13-25(19,8)17(21)7/h9-11,17,21-22H,12-13H2,1-8H3/b15-9-,16-10-/t17-,21-,22+,25+/m0/s1. The number of esters is 2. The molecular formula is C25H34O5. The van der Waals surface area contributed by atoms with Crippen molar-refractivity contribution in [2.45, 2.75) is 80.4 Å². The molecule has 0 heterocycles. The summed E-state index contributed by atoms with van der Waals surface area (Å²) in [5, 5.41) is 0. The summed E-state index contributed by atoms with van der Waals surface area (Å²) in [5.74, 6) is -0.860. The lowest BCUT2D eigenvalue weighted by atomic mass is 9.57. The zero-order valence-corrected chi connectivity index (χ0v) is 19.4. The first kappa shape index (κ1) is 23.8. The number of hydrogen-bond donors (Lipinski definition) is 0. The lowest BCUT2D eigenvalue weighted by Crippen LogP contribution is -2.51. The molecule has 0 amide bonds. The third-order valence-corrected chi connectivity index (χ3v) is 6.76. The summed E-state index contributed by atoms with van der Waals surface area (Å²) in [4.78, 5) is 37.8. The first-order chi connectivity index (χ1) is 14.0. The third-order valence-electron chi connectivity index (χ3n) is 6.76. The predicted octanol–water partition coefficient (Wildman–Crippen LogP) is 5.02. The Labute approximate surface area is 179 Å². The highest BCUT2D eigenvalue weighted by Gasteiger charge is 2.52. The highest BCUT2D eigenvalue weighted by Crippen LogP contribution is 2.53. The van der Waals surface area contributed by atoms with Gasteiger partial charge in [0.15, 0.2) is 5.78 Å². The summed E-state index contributed by atoms with van der Waals surface area (Å²) in [6.45, 7) is 15.0. The van der Waals surface area contributed by atoms with Crippen LogP contribution in [0.1, 0.15) is 68.2 Å². The Kier molecular flexibility index (Phi) is 7.27. The molecular weight excluding hydrogens is 380 g/mol. The van der Waals surface area contributed by atoms with Gasteiger partial charge in [0.25, 0.3) is 0 Å². The molecule has 30 heavy (non-hydrogen) atoms. The second kappa shape index (κ2) is 9.15. The Bertz CT molecular complexity index is 866. The van der Waals surface area contributed by atoms with E-state index in [4.69, 9.17) is 9.47 Å². The van der Waals surface area contributed by atoms with Gasteiger partial charge in [0.05, 0.1) is 0 Å². The predicted molar refractivity (Wildman–Crippen MR) is 117 cm³/mol. The van der Waals surface area contributed by atoms with E-state index in [2.05, 4.69) is 6.92 Å². The van der Waals surface area contributed by atoms with E-state index in [0.29, 0.717) is 24.0 Å². The average molecular weight is 415 g/mol. The summed E-state index contributed by atoms with van der Waals surface area (Å²) in [5.41, 5.74) is 3.15. The molecule has 0 bridgehead atoms. The Hall–Kier alpha value is -2.43. The maximum atomic E-state index is 12.8. The molecule has 0 aromatic heterocycles. The van der Waals surface area contributed by atoms with Gasteiger partial charge in [-0.3, -0.25) is 4.79 Å². The molecule has 0 aromatic carbocycles. The fourth-order valence-corrected chi connectivity index (χ4v) is 4.16. The van der Waals surface area contributed by atoms with E-state index < -0.39 is 23.6 Å². The largest absolute Gasteiger partial charge is 0.459 e. The van der Waals surface area contributed by atoms with E-state index in [0.717, 1.165) is 16.7 Å². The molecule has 0 N–H and O–H groups in total. The Morgan fingerprint density at radius 3 is 2.07 bits per heavy atom. The van der Waals surface area contributed by atoms with Crippen molar-refractivity contribution < 1.29 is 23.9 Å². The van der Waals surface area contributed by atoms with Crippen LogP contribution in [0.3, 0.4) is 0 Å². The maximum absolute atomic E-state index is 12.8. The lowest BCUT2D eigenvalue weighted by molar-refractivity contribution is -0.159. The highest BCUT2D eigenvalue weighted by atomic mass is 16.6. The summed E-state index contributed by atoms with van der Waals surface area (Å²) in [6, 6.07) is 0. The molecule has 4 atom stereocenters. The topological polar surface area (TPSA) is 69.7 Å². The Morgan fingerprint density at radius 1 is 1.03 bits per heavy atom. The molecule has 5 nitrogen and oxygen atoms in total. The molecule has 5 heteroatoms. The quantitative estimate of drug-likeness (QED) is 0.477. The van der Waals surface area contributed by atoms with Crippen LogP contribution in [0.2, 0.25) is 0 Å². The fraction of sp³-hybridized carbons (Fsp3) is 0.560. The molecule has 1 fully saturated rings. The molecule has 1 saturated carbocycles. The third kappa shape index (κ3) is 4.50. The zero-order valence-electron chi connectivity index (χ0n) is 19.4. The number of ether oxygens (including phenoxy) is 2. The van der Waals surface area contributed by atoms with E-state index in [1.165, 1.54) is 0 Å². The number of ketones is 1. The Morgan fingerprint density at radius 2 is 1.57 bits per heavy atom. The van der Waals surface area contributed by atoms with Gasteiger partial charge in [-0.1, -0.05) is 31.6 Å². The number of fused-ring (bicyclic) bond motifs is 1. The van der Waals surface area contributed by atoms with E-state index in [1.54, 1.807) is 45.9 Å². The fourth-order valence-electron chi connectivity index (χ4n) is 4.16. The van der Waals surface area contributed by atoms with E-state index in [-0.39, 0.29) is 17.7 Å². The molecule has 0 spiro atoms. The number of carbonyl (C=O) groups excluding carboxylic acids is 3. The van der Waals surface area contributed by atoms with Gasteiger partial charge in [0, 0.05) is 28.9 Å².